The predicted octanol–water partition coefficient (Wildman–Crippen LogP) is 3.61. The van der Waals surface area contributed by atoms with Gasteiger partial charge in [-0.05, 0) is 44.0 Å². The Balaban J connectivity index is 1.67. The summed E-state index contributed by atoms with van der Waals surface area (Å²) in [5.41, 5.74) is 0.487. The van der Waals surface area contributed by atoms with Crippen molar-refractivity contribution in [3.05, 3.63) is 66.7 Å². The number of benzene rings is 2. The lowest BCUT2D eigenvalue weighted by Crippen LogP contribution is -2.39. The van der Waals surface area contributed by atoms with Crippen LogP contribution in [0.1, 0.15) is 19.8 Å². The number of nitrogens with one attached hydrogen (secondary N) is 3. The van der Waals surface area contributed by atoms with E-state index in [0.717, 1.165) is 0 Å². The fraction of sp³-hybridized carbons (Fsp3) is 0.292. The minimum Gasteiger partial charge on any atom is -0.463 e. The van der Waals surface area contributed by atoms with Gasteiger partial charge in [0.25, 0.3) is 0 Å². The molecule has 3 amide bonds. The van der Waals surface area contributed by atoms with Crippen molar-refractivity contribution in [3.8, 4) is 11.5 Å². The molecule has 168 valence electrons. The minimum absolute atomic E-state index is 0.0525. The topological polar surface area (TPSA) is 106 Å². The number of para-hydroxylation sites is 3. The van der Waals surface area contributed by atoms with Crippen LogP contribution in [0.2, 0.25) is 0 Å². The van der Waals surface area contributed by atoms with Gasteiger partial charge in [-0.3, -0.25) is 4.79 Å². The first-order chi connectivity index (χ1) is 15.5. The van der Waals surface area contributed by atoms with Gasteiger partial charge in [0, 0.05) is 18.5 Å². The molecule has 0 saturated carbocycles. The molecular weight excluding hydrogens is 410 g/mol. The standard InChI is InChI=1S/C24H27N3O5/c1-2-31-22(28)13-12-18(16-17-14-15-25-23(17)29)26-24(30)27-20-10-6-7-11-21(20)32-19-8-4-3-5-9-19/h3-13,17-18H,2,14-16H2,1H3,(H,25,29)(H2,26,27,30)/b13-12+/t17-,18+/m0/s1. The van der Waals surface area contributed by atoms with Crippen molar-refractivity contribution in [1.29, 1.82) is 0 Å². The predicted molar refractivity (Wildman–Crippen MR) is 120 cm³/mol. The highest BCUT2D eigenvalue weighted by Crippen LogP contribution is 2.29. The summed E-state index contributed by atoms with van der Waals surface area (Å²) in [5, 5.41) is 8.39. The quantitative estimate of drug-likeness (QED) is 0.410. The Hall–Kier alpha value is -3.81. The maximum Gasteiger partial charge on any atom is 0.330 e. The molecule has 8 nitrogen and oxygen atoms in total. The van der Waals surface area contributed by atoms with Crippen molar-refractivity contribution in [2.45, 2.75) is 25.8 Å². The van der Waals surface area contributed by atoms with Gasteiger partial charge in [0.2, 0.25) is 5.91 Å². The number of carbonyl (C=O) groups is 3. The summed E-state index contributed by atoms with van der Waals surface area (Å²) in [6.45, 7) is 2.58. The Morgan fingerprint density at radius 2 is 1.91 bits per heavy atom. The summed E-state index contributed by atoms with van der Waals surface area (Å²) in [5.74, 6) is 0.341. The summed E-state index contributed by atoms with van der Waals surface area (Å²) in [4.78, 5) is 36.4. The van der Waals surface area contributed by atoms with Crippen molar-refractivity contribution < 1.29 is 23.9 Å². The van der Waals surface area contributed by atoms with E-state index < -0.39 is 18.0 Å². The average Bonchev–Trinajstić information content (AvgIpc) is 3.18. The Morgan fingerprint density at radius 3 is 2.62 bits per heavy atom. The number of hydrogen-bond acceptors (Lipinski definition) is 5. The molecule has 3 N–H and O–H groups in total. The van der Waals surface area contributed by atoms with Gasteiger partial charge in [-0.2, -0.15) is 0 Å². The van der Waals surface area contributed by atoms with Gasteiger partial charge in [-0.15, -0.1) is 0 Å². The Morgan fingerprint density at radius 1 is 1.16 bits per heavy atom. The molecule has 3 rings (SSSR count). The van der Waals surface area contributed by atoms with E-state index in [-0.39, 0.29) is 18.4 Å². The first kappa shape index (κ1) is 22.9. The SMILES string of the molecule is CCOC(=O)/C=C/[C@H](C[C@@H]1CCNC1=O)NC(=O)Nc1ccccc1Oc1ccccc1. The number of ether oxygens (including phenoxy) is 2. The molecule has 2 aromatic carbocycles. The number of hydrogen-bond donors (Lipinski definition) is 3. The maximum absolute atomic E-state index is 12.7. The molecule has 0 unspecified atom stereocenters. The summed E-state index contributed by atoms with van der Waals surface area (Å²) >= 11 is 0. The number of urea groups is 1. The van der Waals surface area contributed by atoms with E-state index in [4.69, 9.17) is 9.47 Å². The lowest BCUT2D eigenvalue weighted by atomic mass is 9.98. The first-order valence-electron chi connectivity index (χ1n) is 10.6. The van der Waals surface area contributed by atoms with Gasteiger partial charge < -0.3 is 25.4 Å². The number of anilines is 1. The Labute approximate surface area is 187 Å². The minimum atomic E-state index is -0.532. The van der Waals surface area contributed by atoms with E-state index in [1.54, 1.807) is 31.2 Å². The van der Waals surface area contributed by atoms with E-state index in [1.807, 2.05) is 36.4 Å². The molecule has 8 heteroatoms. The first-order valence-corrected chi connectivity index (χ1v) is 10.6. The van der Waals surface area contributed by atoms with E-state index in [9.17, 15) is 14.4 Å². The fourth-order valence-electron chi connectivity index (χ4n) is 3.35. The molecule has 1 fully saturated rings. The second-order valence-corrected chi connectivity index (χ2v) is 7.24. The van der Waals surface area contributed by atoms with Gasteiger partial charge in [0.15, 0.2) is 5.75 Å². The highest BCUT2D eigenvalue weighted by atomic mass is 16.5. The van der Waals surface area contributed by atoms with Crippen molar-refractivity contribution in [2.75, 3.05) is 18.5 Å². The summed E-state index contributed by atoms with van der Waals surface area (Å²) < 4.78 is 10.8. The molecule has 0 radical (unpaired) electrons. The van der Waals surface area contributed by atoms with Gasteiger partial charge in [-0.25, -0.2) is 9.59 Å². The maximum atomic E-state index is 12.7. The molecule has 32 heavy (non-hydrogen) atoms. The van der Waals surface area contributed by atoms with Gasteiger partial charge >= 0.3 is 12.0 Å². The molecule has 1 saturated heterocycles. The highest BCUT2D eigenvalue weighted by molar-refractivity contribution is 5.91. The fourth-order valence-corrected chi connectivity index (χ4v) is 3.35. The number of carbonyl (C=O) groups excluding carboxylic acids is 3. The molecule has 0 aliphatic carbocycles. The van der Waals surface area contributed by atoms with Crippen LogP contribution in [0.15, 0.2) is 66.7 Å². The summed E-state index contributed by atoms with van der Waals surface area (Å²) in [6.07, 6.45) is 3.88. The second kappa shape index (κ2) is 11.5. The van der Waals surface area contributed by atoms with Crippen LogP contribution in [0.4, 0.5) is 10.5 Å². The van der Waals surface area contributed by atoms with Crippen LogP contribution in [0.5, 0.6) is 11.5 Å². The van der Waals surface area contributed by atoms with Crippen LogP contribution in [-0.2, 0) is 14.3 Å². The van der Waals surface area contributed by atoms with Gasteiger partial charge in [0.05, 0.1) is 18.3 Å². The molecule has 0 bridgehead atoms. The van der Waals surface area contributed by atoms with Crippen molar-refractivity contribution in [3.63, 3.8) is 0 Å². The van der Waals surface area contributed by atoms with Crippen LogP contribution in [0.25, 0.3) is 0 Å². The van der Waals surface area contributed by atoms with Crippen LogP contribution < -0.4 is 20.7 Å². The number of rotatable bonds is 9. The lowest BCUT2D eigenvalue weighted by Gasteiger charge is -2.19. The zero-order chi connectivity index (χ0) is 22.8. The molecule has 0 spiro atoms. The lowest BCUT2D eigenvalue weighted by molar-refractivity contribution is -0.137. The normalized spacial score (nSPS) is 16.3. The molecule has 2 atom stereocenters. The third-order valence-corrected chi connectivity index (χ3v) is 4.88. The number of esters is 1. The van der Waals surface area contributed by atoms with Crippen LogP contribution in [0.3, 0.4) is 0 Å². The molecule has 1 aliphatic rings. The van der Waals surface area contributed by atoms with E-state index >= 15 is 0 Å². The Kier molecular flexibility index (Phi) is 8.25. The third-order valence-electron chi connectivity index (χ3n) is 4.88. The Bertz CT molecular complexity index is 961. The zero-order valence-electron chi connectivity index (χ0n) is 17.9. The molecular formula is C24H27N3O5. The monoisotopic (exact) mass is 437 g/mol. The molecule has 0 aromatic heterocycles. The number of amides is 3. The van der Waals surface area contributed by atoms with Gasteiger partial charge in [-0.1, -0.05) is 36.4 Å². The highest BCUT2D eigenvalue weighted by Gasteiger charge is 2.27. The second-order valence-electron chi connectivity index (χ2n) is 7.24. The van der Waals surface area contributed by atoms with Crippen LogP contribution in [0, 0.1) is 5.92 Å². The van der Waals surface area contributed by atoms with Crippen LogP contribution in [-0.4, -0.2) is 37.1 Å². The van der Waals surface area contributed by atoms with E-state index in [1.165, 1.54) is 6.08 Å². The van der Waals surface area contributed by atoms with Gasteiger partial charge in [0.1, 0.15) is 5.75 Å². The van der Waals surface area contributed by atoms with Crippen molar-refractivity contribution in [2.24, 2.45) is 5.92 Å². The van der Waals surface area contributed by atoms with Crippen LogP contribution >= 0.6 is 0 Å². The largest absolute Gasteiger partial charge is 0.463 e. The van der Waals surface area contributed by atoms with E-state index in [2.05, 4.69) is 16.0 Å². The van der Waals surface area contributed by atoms with E-state index in [0.29, 0.717) is 36.6 Å². The smallest absolute Gasteiger partial charge is 0.330 e. The molecule has 1 heterocycles. The third kappa shape index (κ3) is 6.87. The average molecular weight is 437 g/mol. The molecule has 1 aliphatic heterocycles. The van der Waals surface area contributed by atoms with Crippen molar-refractivity contribution in [1.82, 2.24) is 10.6 Å². The summed E-state index contributed by atoms with van der Waals surface area (Å²) in [7, 11) is 0. The molecule has 2 aromatic rings. The summed E-state index contributed by atoms with van der Waals surface area (Å²) in [6, 6.07) is 15.3. The van der Waals surface area contributed by atoms with Crippen molar-refractivity contribution >= 4 is 23.6 Å². The zero-order valence-corrected chi connectivity index (χ0v) is 17.9.